The second-order valence-electron chi connectivity index (χ2n) is 5.97. The first-order valence-corrected chi connectivity index (χ1v) is 9.42. The molecule has 0 saturated heterocycles. The molecule has 3 rings (SSSR count). The van der Waals surface area contributed by atoms with Crippen molar-refractivity contribution in [3.63, 3.8) is 0 Å². The van der Waals surface area contributed by atoms with Gasteiger partial charge in [-0.2, -0.15) is 0 Å². The van der Waals surface area contributed by atoms with Crippen molar-refractivity contribution in [3.05, 3.63) is 69.8 Å². The molecule has 0 aliphatic carbocycles. The Morgan fingerprint density at radius 1 is 0.963 bits per heavy atom. The van der Waals surface area contributed by atoms with Crippen molar-refractivity contribution in [2.75, 3.05) is 18.5 Å². The molecule has 5 nitrogen and oxygen atoms in total. The summed E-state index contributed by atoms with van der Waals surface area (Å²) >= 11 is 2.20. The van der Waals surface area contributed by atoms with Crippen molar-refractivity contribution >= 4 is 50.9 Å². The van der Waals surface area contributed by atoms with Crippen molar-refractivity contribution in [1.29, 1.82) is 0 Å². The molecule has 0 aliphatic rings. The van der Waals surface area contributed by atoms with E-state index in [9.17, 15) is 9.59 Å². The van der Waals surface area contributed by atoms with E-state index in [1.54, 1.807) is 6.07 Å². The molecule has 0 fully saturated rings. The van der Waals surface area contributed by atoms with Crippen LogP contribution in [-0.2, 0) is 14.3 Å². The molecule has 0 radical (unpaired) electrons. The highest BCUT2D eigenvalue weighted by Crippen LogP contribution is 2.20. The average molecular weight is 475 g/mol. The minimum Gasteiger partial charge on any atom is -0.482 e. The second kappa shape index (κ2) is 8.85. The van der Waals surface area contributed by atoms with Crippen molar-refractivity contribution < 1.29 is 19.1 Å². The smallest absolute Gasteiger partial charge is 0.344 e. The van der Waals surface area contributed by atoms with E-state index in [4.69, 9.17) is 9.47 Å². The summed E-state index contributed by atoms with van der Waals surface area (Å²) in [7, 11) is 0. The maximum atomic E-state index is 11.9. The molecule has 1 N–H and O–H groups in total. The number of rotatable bonds is 6. The Morgan fingerprint density at radius 2 is 1.74 bits per heavy atom. The molecule has 1 amide bonds. The molecule has 0 spiro atoms. The molecule has 6 heteroatoms. The van der Waals surface area contributed by atoms with E-state index in [0.717, 1.165) is 19.9 Å². The van der Waals surface area contributed by atoms with E-state index >= 15 is 0 Å². The summed E-state index contributed by atoms with van der Waals surface area (Å²) in [6, 6.07) is 19.1. The monoisotopic (exact) mass is 475 g/mol. The number of benzene rings is 3. The summed E-state index contributed by atoms with van der Waals surface area (Å²) in [6.45, 7) is 1.29. The van der Waals surface area contributed by atoms with Crippen LogP contribution in [0.15, 0.2) is 60.7 Å². The number of hydrogen-bond donors (Lipinski definition) is 1. The fraction of sp³-hybridized carbons (Fsp3) is 0.143. The van der Waals surface area contributed by atoms with Gasteiger partial charge in [0.15, 0.2) is 13.2 Å². The first-order chi connectivity index (χ1) is 13.0. The van der Waals surface area contributed by atoms with Gasteiger partial charge in [0, 0.05) is 9.26 Å². The Hall–Kier alpha value is -2.61. The Labute approximate surface area is 170 Å². The van der Waals surface area contributed by atoms with E-state index in [-0.39, 0.29) is 13.2 Å². The molecular weight excluding hydrogens is 457 g/mol. The van der Waals surface area contributed by atoms with Gasteiger partial charge in [0.05, 0.1) is 0 Å². The number of anilines is 1. The highest BCUT2D eigenvalue weighted by molar-refractivity contribution is 14.1. The SMILES string of the molecule is Cc1cc(I)ccc1NC(=O)COC(=O)COc1ccc2ccccc2c1. The highest BCUT2D eigenvalue weighted by atomic mass is 127. The van der Waals surface area contributed by atoms with Gasteiger partial charge in [-0.25, -0.2) is 4.79 Å². The van der Waals surface area contributed by atoms with Crippen LogP contribution in [0, 0.1) is 10.5 Å². The lowest BCUT2D eigenvalue weighted by molar-refractivity contribution is -0.149. The summed E-state index contributed by atoms with van der Waals surface area (Å²) in [5, 5.41) is 4.84. The van der Waals surface area contributed by atoms with Crippen molar-refractivity contribution in [2.45, 2.75) is 6.92 Å². The third kappa shape index (κ3) is 5.43. The van der Waals surface area contributed by atoms with E-state index in [1.165, 1.54) is 0 Å². The van der Waals surface area contributed by atoms with Gasteiger partial charge >= 0.3 is 5.97 Å². The largest absolute Gasteiger partial charge is 0.482 e. The van der Waals surface area contributed by atoms with Crippen LogP contribution in [0.25, 0.3) is 10.8 Å². The lowest BCUT2D eigenvalue weighted by Crippen LogP contribution is -2.24. The normalized spacial score (nSPS) is 10.4. The topological polar surface area (TPSA) is 64.6 Å². The number of carbonyl (C=O) groups excluding carboxylic acids is 2. The quantitative estimate of drug-likeness (QED) is 0.427. The Morgan fingerprint density at radius 3 is 2.52 bits per heavy atom. The minimum atomic E-state index is -0.599. The molecule has 3 aromatic carbocycles. The lowest BCUT2D eigenvalue weighted by atomic mass is 10.1. The molecular formula is C21H18INO4. The molecule has 0 heterocycles. The fourth-order valence-corrected chi connectivity index (χ4v) is 3.19. The van der Waals surface area contributed by atoms with Crippen LogP contribution in [0.3, 0.4) is 0 Å². The molecule has 0 unspecified atom stereocenters. The number of hydrogen-bond acceptors (Lipinski definition) is 4. The van der Waals surface area contributed by atoms with Crippen LogP contribution in [0.4, 0.5) is 5.69 Å². The number of ether oxygens (including phenoxy) is 2. The van der Waals surface area contributed by atoms with Gasteiger partial charge < -0.3 is 14.8 Å². The predicted molar refractivity (Wildman–Crippen MR) is 113 cm³/mol. The Bertz CT molecular complexity index is 987. The van der Waals surface area contributed by atoms with Crippen LogP contribution in [0.5, 0.6) is 5.75 Å². The van der Waals surface area contributed by atoms with E-state index in [1.807, 2.05) is 61.5 Å². The number of amides is 1. The van der Waals surface area contributed by atoms with Crippen LogP contribution < -0.4 is 10.1 Å². The predicted octanol–water partition coefficient (Wildman–Crippen LogP) is 4.31. The van der Waals surface area contributed by atoms with Gasteiger partial charge in [0.25, 0.3) is 5.91 Å². The van der Waals surface area contributed by atoms with Crippen LogP contribution in [-0.4, -0.2) is 25.1 Å². The van der Waals surface area contributed by atoms with Gasteiger partial charge in [-0.1, -0.05) is 30.3 Å². The zero-order valence-electron chi connectivity index (χ0n) is 14.7. The van der Waals surface area contributed by atoms with Gasteiger partial charge in [-0.15, -0.1) is 0 Å². The first-order valence-electron chi connectivity index (χ1n) is 8.34. The third-order valence-corrected chi connectivity index (χ3v) is 4.58. The average Bonchev–Trinajstić information content (AvgIpc) is 2.67. The van der Waals surface area contributed by atoms with Crippen LogP contribution >= 0.6 is 22.6 Å². The van der Waals surface area contributed by atoms with Crippen LogP contribution in [0.2, 0.25) is 0 Å². The van der Waals surface area contributed by atoms with Gasteiger partial charge in [0.1, 0.15) is 5.75 Å². The number of halogens is 1. The molecule has 0 saturated carbocycles. The van der Waals surface area contributed by atoms with Gasteiger partial charge in [-0.3, -0.25) is 4.79 Å². The molecule has 0 bridgehead atoms. The third-order valence-electron chi connectivity index (χ3n) is 3.90. The van der Waals surface area contributed by atoms with E-state index in [0.29, 0.717) is 11.4 Å². The van der Waals surface area contributed by atoms with Crippen LogP contribution in [0.1, 0.15) is 5.56 Å². The minimum absolute atomic E-state index is 0.256. The summed E-state index contributed by atoms with van der Waals surface area (Å²) in [5.74, 6) is -0.416. The molecule has 0 aliphatic heterocycles. The first kappa shape index (κ1) is 19.2. The number of nitrogens with one attached hydrogen (secondary N) is 1. The lowest BCUT2D eigenvalue weighted by Gasteiger charge is -2.10. The van der Waals surface area contributed by atoms with Crippen molar-refractivity contribution in [1.82, 2.24) is 0 Å². The summed E-state index contributed by atoms with van der Waals surface area (Å²) in [6.07, 6.45) is 0. The molecule has 27 heavy (non-hydrogen) atoms. The van der Waals surface area contributed by atoms with Crippen molar-refractivity contribution in [3.8, 4) is 5.75 Å². The zero-order valence-corrected chi connectivity index (χ0v) is 16.9. The maximum absolute atomic E-state index is 11.9. The molecule has 138 valence electrons. The summed E-state index contributed by atoms with van der Waals surface area (Å²) in [5.41, 5.74) is 1.64. The summed E-state index contributed by atoms with van der Waals surface area (Å²) < 4.78 is 11.5. The number of esters is 1. The second-order valence-corrected chi connectivity index (χ2v) is 7.21. The van der Waals surface area contributed by atoms with E-state index in [2.05, 4.69) is 27.9 Å². The maximum Gasteiger partial charge on any atom is 0.344 e. The standard InChI is InChI=1S/C21H18INO4/c1-14-10-17(22)7-9-19(14)23-20(24)12-27-21(25)13-26-18-8-6-15-4-2-3-5-16(15)11-18/h2-11H,12-13H2,1H3,(H,23,24). The Balaban J connectivity index is 1.46. The van der Waals surface area contributed by atoms with Gasteiger partial charge in [0.2, 0.25) is 0 Å². The Kier molecular flexibility index (Phi) is 6.28. The number of aryl methyl sites for hydroxylation is 1. The fourth-order valence-electron chi connectivity index (χ4n) is 2.54. The highest BCUT2D eigenvalue weighted by Gasteiger charge is 2.10. The molecule has 0 aromatic heterocycles. The van der Waals surface area contributed by atoms with Gasteiger partial charge in [-0.05, 0) is 76.2 Å². The molecule has 3 aromatic rings. The summed E-state index contributed by atoms with van der Waals surface area (Å²) in [4.78, 5) is 23.8. The number of fused-ring (bicyclic) bond motifs is 1. The van der Waals surface area contributed by atoms with E-state index < -0.39 is 11.9 Å². The zero-order chi connectivity index (χ0) is 19.2. The van der Waals surface area contributed by atoms with Crippen molar-refractivity contribution in [2.24, 2.45) is 0 Å². The number of carbonyl (C=O) groups is 2. The molecule has 0 atom stereocenters.